The summed E-state index contributed by atoms with van der Waals surface area (Å²) in [5, 5.41) is 2.70. The highest BCUT2D eigenvalue weighted by Crippen LogP contribution is 2.13. The summed E-state index contributed by atoms with van der Waals surface area (Å²) < 4.78 is 24.3. The lowest BCUT2D eigenvalue weighted by Crippen LogP contribution is -2.17. The zero-order valence-electron chi connectivity index (χ0n) is 6.97. The quantitative estimate of drug-likeness (QED) is 0.724. The van der Waals surface area contributed by atoms with Crippen molar-refractivity contribution in [3.63, 3.8) is 0 Å². The van der Waals surface area contributed by atoms with E-state index in [-0.39, 0.29) is 12.4 Å². The first-order chi connectivity index (χ1) is 6.13. The molecule has 2 N–H and O–H groups in total. The van der Waals surface area contributed by atoms with Gasteiger partial charge in [0.2, 0.25) is 0 Å². The Balaban J connectivity index is 3.04. The standard InChI is InChI=1S/C7H9F2N3O/c1-10-3-5-11-4(7(8)9)2-6(13)12-5/h2,7,10H,3H2,1H3,(H,11,12,13). The lowest BCUT2D eigenvalue weighted by molar-refractivity contribution is 0.145. The fraction of sp³-hybridized carbons (Fsp3) is 0.429. The number of hydrogen-bond acceptors (Lipinski definition) is 3. The van der Waals surface area contributed by atoms with Crippen LogP contribution in [0.25, 0.3) is 0 Å². The maximum absolute atomic E-state index is 12.1. The Morgan fingerprint density at radius 1 is 1.69 bits per heavy atom. The number of hydrogen-bond donors (Lipinski definition) is 2. The monoisotopic (exact) mass is 189 g/mol. The van der Waals surface area contributed by atoms with Crippen molar-refractivity contribution in [3.05, 3.63) is 27.9 Å². The number of nitrogens with zero attached hydrogens (tertiary/aromatic N) is 1. The predicted molar refractivity (Wildman–Crippen MR) is 42.6 cm³/mol. The molecular formula is C7H9F2N3O. The summed E-state index contributed by atoms with van der Waals surface area (Å²) in [5.41, 5.74) is -1.05. The zero-order chi connectivity index (χ0) is 9.84. The highest BCUT2D eigenvalue weighted by molar-refractivity contribution is 5.03. The average Bonchev–Trinajstić information content (AvgIpc) is 2.03. The van der Waals surface area contributed by atoms with Crippen LogP contribution in [-0.4, -0.2) is 17.0 Å². The third-order valence-corrected chi connectivity index (χ3v) is 1.38. The molecule has 0 aliphatic heterocycles. The molecule has 0 spiro atoms. The molecule has 0 atom stereocenters. The number of aromatic nitrogens is 2. The SMILES string of the molecule is CNCc1nc(C(F)F)cc(=O)[nH]1. The molecule has 0 saturated heterocycles. The predicted octanol–water partition coefficient (Wildman–Crippen LogP) is 0.427. The summed E-state index contributed by atoms with van der Waals surface area (Å²) in [6.45, 7) is 0.260. The van der Waals surface area contributed by atoms with E-state index in [9.17, 15) is 13.6 Å². The van der Waals surface area contributed by atoms with E-state index in [1.807, 2.05) is 0 Å². The summed E-state index contributed by atoms with van der Waals surface area (Å²) in [4.78, 5) is 16.7. The van der Waals surface area contributed by atoms with Crippen LogP contribution in [0, 0.1) is 0 Å². The number of H-pyrrole nitrogens is 1. The Morgan fingerprint density at radius 3 is 2.92 bits per heavy atom. The van der Waals surface area contributed by atoms with Crippen molar-refractivity contribution in [3.8, 4) is 0 Å². The number of rotatable bonds is 3. The van der Waals surface area contributed by atoms with Crippen molar-refractivity contribution in [1.29, 1.82) is 0 Å². The van der Waals surface area contributed by atoms with E-state index in [2.05, 4.69) is 15.3 Å². The molecule has 72 valence electrons. The normalized spacial score (nSPS) is 10.8. The van der Waals surface area contributed by atoms with Crippen molar-refractivity contribution in [2.24, 2.45) is 0 Å². The number of halogens is 2. The molecule has 13 heavy (non-hydrogen) atoms. The summed E-state index contributed by atoms with van der Waals surface area (Å²) in [6.07, 6.45) is -2.71. The van der Waals surface area contributed by atoms with Gasteiger partial charge in [-0.2, -0.15) is 0 Å². The van der Waals surface area contributed by atoms with Gasteiger partial charge in [-0.25, -0.2) is 13.8 Å². The molecule has 4 nitrogen and oxygen atoms in total. The van der Waals surface area contributed by atoms with E-state index >= 15 is 0 Å². The number of aromatic amines is 1. The van der Waals surface area contributed by atoms with E-state index in [4.69, 9.17) is 0 Å². The van der Waals surface area contributed by atoms with Crippen LogP contribution in [0.5, 0.6) is 0 Å². The van der Waals surface area contributed by atoms with Crippen LogP contribution in [0.4, 0.5) is 8.78 Å². The maximum Gasteiger partial charge on any atom is 0.280 e. The van der Waals surface area contributed by atoms with Gasteiger partial charge in [-0.1, -0.05) is 0 Å². The minimum atomic E-state index is -2.71. The van der Waals surface area contributed by atoms with Crippen LogP contribution in [0.2, 0.25) is 0 Å². The summed E-state index contributed by atoms with van der Waals surface area (Å²) >= 11 is 0. The lowest BCUT2D eigenvalue weighted by Gasteiger charge is -2.01. The van der Waals surface area contributed by atoms with E-state index in [0.29, 0.717) is 0 Å². The molecule has 1 aromatic heterocycles. The molecule has 1 heterocycles. The molecule has 0 unspecified atom stereocenters. The van der Waals surface area contributed by atoms with Gasteiger partial charge in [-0.3, -0.25) is 4.79 Å². The van der Waals surface area contributed by atoms with Gasteiger partial charge in [-0.05, 0) is 7.05 Å². The first-order valence-corrected chi connectivity index (χ1v) is 3.66. The highest BCUT2D eigenvalue weighted by Gasteiger charge is 2.10. The molecule has 0 amide bonds. The van der Waals surface area contributed by atoms with Crippen LogP contribution in [-0.2, 0) is 6.54 Å². The Kier molecular flexibility index (Phi) is 3.07. The Hall–Kier alpha value is -1.30. The third kappa shape index (κ3) is 2.59. The molecule has 0 fully saturated rings. The molecule has 1 rings (SSSR count). The molecule has 0 aliphatic rings. The smallest absolute Gasteiger partial charge is 0.280 e. The topological polar surface area (TPSA) is 57.8 Å². The molecule has 1 aromatic rings. The molecule has 6 heteroatoms. The Morgan fingerprint density at radius 2 is 2.38 bits per heavy atom. The minimum absolute atomic E-state index is 0.213. The average molecular weight is 189 g/mol. The minimum Gasteiger partial charge on any atom is -0.313 e. The Bertz CT molecular complexity index is 337. The lowest BCUT2D eigenvalue weighted by atomic mass is 10.4. The summed E-state index contributed by atoms with van der Waals surface area (Å²) in [5.74, 6) is 0.213. The summed E-state index contributed by atoms with van der Waals surface area (Å²) in [6, 6.07) is 0.795. The van der Waals surface area contributed by atoms with E-state index in [1.165, 1.54) is 0 Å². The van der Waals surface area contributed by atoms with Crippen molar-refractivity contribution in [2.45, 2.75) is 13.0 Å². The van der Waals surface area contributed by atoms with Gasteiger partial charge in [0.15, 0.2) is 0 Å². The second-order valence-corrected chi connectivity index (χ2v) is 2.45. The first kappa shape index (κ1) is 9.79. The van der Waals surface area contributed by atoms with Crippen LogP contribution in [0.3, 0.4) is 0 Å². The van der Waals surface area contributed by atoms with Gasteiger partial charge in [0, 0.05) is 6.07 Å². The van der Waals surface area contributed by atoms with Crippen LogP contribution >= 0.6 is 0 Å². The molecule has 0 radical (unpaired) electrons. The highest BCUT2D eigenvalue weighted by atomic mass is 19.3. The molecule has 0 bridgehead atoms. The van der Waals surface area contributed by atoms with Crippen molar-refractivity contribution >= 4 is 0 Å². The Labute approximate surface area is 73.0 Å². The van der Waals surface area contributed by atoms with Crippen LogP contribution in [0.1, 0.15) is 17.9 Å². The van der Waals surface area contributed by atoms with Gasteiger partial charge >= 0.3 is 0 Å². The number of alkyl halides is 2. The third-order valence-electron chi connectivity index (χ3n) is 1.38. The fourth-order valence-electron chi connectivity index (χ4n) is 0.892. The molecule has 0 aliphatic carbocycles. The van der Waals surface area contributed by atoms with Gasteiger partial charge in [0.25, 0.3) is 12.0 Å². The molecule has 0 saturated carbocycles. The van der Waals surface area contributed by atoms with Gasteiger partial charge < -0.3 is 10.3 Å². The van der Waals surface area contributed by atoms with E-state index < -0.39 is 17.7 Å². The number of nitrogens with one attached hydrogen (secondary N) is 2. The fourth-order valence-corrected chi connectivity index (χ4v) is 0.892. The molecular weight excluding hydrogens is 180 g/mol. The molecule has 0 aromatic carbocycles. The van der Waals surface area contributed by atoms with Crippen LogP contribution in [0.15, 0.2) is 10.9 Å². The van der Waals surface area contributed by atoms with Crippen molar-refractivity contribution in [2.75, 3.05) is 7.05 Å². The van der Waals surface area contributed by atoms with E-state index in [1.54, 1.807) is 7.05 Å². The van der Waals surface area contributed by atoms with Crippen molar-refractivity contribution in [1.82, 2.24) is 15.3 Å². The zero-order valence-corrected chi connectivity index (χ0v) is 6.97. The first-order valence-electron chi connectivity index (χ1n) is 3.66. The largest absolute Gasteiger partial charge is 0.313 e. The van der Waals surface area contributed by atoms with Crippen LogP contribution < -0.4 is 10.9 Å². The second-order valence-electron chi connectivity index (χ2n) is 2.45. The van der Waals surface area contributed by atoms with Gasteiger partial charge in [-0.15, -0.1) is 0 Å². The summed E-state index contributed by atoms with van der Waals surface area (Å²) in [7, 11) is 1.63. The maximum atomic E-state index is 12.1. The second kappa shape index (κ2) is 4.08. The van der Waals surface area contributed by atoms with Gasteiger partial charge in [0.1, 0.15) is 11.5 Å². The van der Waals surface area contributed by atoms with Gasteiger partial charge in [0.05, 0.1) is 6.54 Å². The van der Waals surface area contributed by atoms with E-state index in [0.717, 1.165) is 6.07 Å². The van der Waals surface area contributed by atoms with Crippen molar-refractivity contribution < 1.29 is 8.78 Å².